The van der Waals surface area contributed by atoms with Crippen molar-refractivity contribution in [3.8, 4) is 11.5 Å². The van der Waals surface area contributed by atoms with Gasteiger partial charge in [0.2, 0.25) is 5.91 Å². The van der Waals surface area contributed by atoms with Crippen molar-refractivity contribution in [3.05, 3.63) is 120 Å². The first-order valence-corrected chi connectivity index (χ1v) is 14.8. The van der Waals surface area contributed by atoms with E-state index in [1.807, 2.05) is 45.9 Å². The number of rotatable bonds is 8. The number of amides is 2. The Morgan fingerprint density at radius 1 is 1.06 bits per heavy atom. The first-order valence-electron chi connectivity index (χ1n) is 15.7. The number of allylic oxidation sites excluding steroid dienone is 2. The molecule has 11 nitrogen and oxygen atoms in total. The van der Waals surface area contributed by atoms with Crippen LogP contribution in [0, 0.1) is 27.2 Å². The van der Waals surface area contributed by atoms with Crippen LogP contribution in [-0.2, 0) is 75.0 Å². The standard InChI is InChI=1S/C16H14N4O2.C5H10NO.C4H9N3.C4H9.2C3H5.2CH4.2Y/c1-9-3-5-12-14(7-9)22-15-8-11(19-20-17)4-6-13(15)16(12)18-10(2)21;1-3-5(2)6-4-7;1-3-4(2)6-7-5;1-3-4-2;2*1-3-2;;;;/h3-8,16H,1-2H3,(H,18,21);5H,3H2,1-2H3,(H,6,7);4H,3H2,1-2H3;3H,4H2,1-2H3;2*3H,1-2H2;2*1H4;;/q;-1;;3*-1;;;;/i/hT2. The summed E-state index contributed by atoms with van der Waals surface area (Å²) in [6.07, 6.45) is 9.51. The van der Waals surface area contributed by atoms with Crippen molar-refractivity contribution in [2.45, 2.75) is 108 Å². The molecule has 1 aliphatic rings. The topological polar surface area (TPSA) is 165 Å². The molecule has 0 aliphatic carbocycles. The Kier molecular flexibility index (Phi) is 48.0. The summed E-state index contributed by atoms with van der Waals surface area (Å²) in [7, 11) is 0. The molecule has 1 heterocycles. The number of aryl methyl sites for hydroxylation is 1. The van der Waals surface area contributed by atoms with Crippen molar-refractivity contribution in [1.82, 2.24) is 10.6 Å². The third-order valence-electron chi connectivity index (χ3n) is 5.56. The van der Waals surface area contributed by atoms with Gasteiger partial charge in [0.05, 0.1) is 6.04 Å². The summed E-state index contributed by atoms with van der Waals surface area (Å²) in [5.74, 6) is 0.712. The number of nitrogens with one attached hydrogen (secondary N) is 2. The molecule has 0 bridgehead atoms. The Bertz CT molecular complexity index is 1330. The van der Waals surface area contributed by atoms with Crippen LogP contribution in [0.1, 0.15) is 105 Å². The number of nitrogens with zero attached hydrogens (tertiary/aromatic N) is 6. The molecule has 0 saturated carbocycles. The molecule has 3 rings (SSSR count). The normalized spacial score (nSPS) is 11.7. The summed E-state index contributed by atoms with van der Waals surface area (Å²) in [5, 5.41) is 8.72. The van der Waals surface area contributed by atoms with E-state index in [0.717, 1.165) is 34.6 Å². The molecule has 0 saturated heterocycles. The fraction of sp³-hybridized carbons (Fsp3) is 0.432. The van der Waals surface area contributed by atoms with Gasteiger partial charge in [-0.1, -0.05) is 77.0 Å². The minimum atomic E-state index is -0.563. The molecular formula is C37H60N8O3Y2-4. The predicted molar refractivity (Wildman–Crippen MR) is 204 cm³/mol. The Morgan fingerprint density at radius 2 is 1.54 bits per heavy atom. The van der Waals surface area contributed by atoms with Crippen LogP contribution in [0.5, 0.6) is 11.5 Å². The molecule has 3 atom stereocenters. The zero-order valence-corrected chi connectivity index (χ0v) is 35.5. The molecular weight excluding hydrogens is 782 g/mol. The Balaban J connectivity index is -0.000000117. The molecule has 276 valence electrons. The summed E-state index contributed by atoms with van der Waals surface area (Å²) in [5.41, 5.74) is 19.3. The van der Waals surface area contributed by atoms with Crippen molar-refractivity contribution in [2.24, 2.45) is 10.2 Å². The van der Waals surface area contributed by atoms with Gasteiger partial charge in [-0.3, -0.25) is 4.79 Å². The third-order valence-corrected chi connectivity index (χ3v) is 5.56. The van der Waals surface area contributed by atoms with Gasteiger partial charge in [-0.15, -0.1) is 0 Å². The van der Waals surface area contributed by atoms with Crippen LogP contribution in [0.4, 0.5) is 5.69 Å². The molecule has 13 heteroatoms. The van der Waals surface area contributed by atoms with Gasteiger partial charge in [-0.25, -0.2) is 39.2 Å². The SMILES string of the molecule is C.C.C=C[CH2-].C=C[CH2-].CCC(C)N=[N+]=[N-].C[CH-]CC.[3H]N(C(C)=O)C1c2ccc(C)cc2Oc2cc(N=[N+]=[N-])ccc21.[3H]N([C-]=O)C(C)CC.[Y].[Y]. The minimum Gasteiger partial charge on any atom is -0.528 e. The number of unbranched alkanes of at least 4 members (excludes halogenated alkanes) is 1. The summed E-state index contributed by atoms with van der Waals surface area (Å²) < 4.78 is 20.9. The van der Waals surface area contributed by atoms with Crippen LogP contribution in [0.25, 0.3) is 20.9 Å². The fourth-order valence-electron chi connectivity index (χ4n) is 2.86. The number of benzene rings is 2. The maximum absolute atomic E-state index is 11.7. The van der Waals surface area contributed by atoms with Crippen molar-refractivity contribution < 1.29 is 82.6 Å². The van der Waals surface area contributed by atoms with Gasteiger partial charge in [0.15, 0.2) is 1.41 Å². The number of carbonyl (C=O) groups is 1. The number of azide groups is 2. The van der Waals surface area contributed by atoms with E-state index in [2.05, 4.69) is 67.3 Å². The number of carbonyl (C=O) groups excluding carboxylic acids is 2. The third kappa shape index (κ3) is 31.2. The minimum absolute atomic E-state index is 0. The van der Waals surface area contributed by atoms with E-state index in [1.54, 1.807) is 25.1 Å². The Morgan fingerprint density at radius 3 is 1.88 bits per heavy atom. The summed E-state index contributed by atoms with van der Waals surface area (Å²) in [6.45, 7) is 28.1. The molecule has 0 aromatic heterocycles. The van der Waals surface area contributed by atoms with Crippen LogP contribution >= 0.6 is 0 Å². The van der Waals surface area contributed by atoms with Gasteiger partial charge in [0.25, 0.3) is 0 Å². The predicted octanol–water partition coefficient (Wildman–Crippen LogP) is 11.7. The number of hydrogen-bond donors (Lipinski definition) is 2. The monoisotopic (exact) mass is 846 g/mol. The second kappa shape index (κ2) is 42.4. The molecule has 2 aromatic rings. The first-order chi connectivity index (χ1) is 22.8. The van der Waals surface area contributed by atoms with E-state index in [4.69, 9.17) is 18.6 Å². The summed E-state index contributed by atoms with van der Waals surface area (Å²) in [4.78, 5) is 26.8. The van der Waals surface area contributed by atoms with E-state index in [9.17, 15) is 9.59 Å². The first kappa shape index (κ1) is 56.6. The molecule has 2 radical (unpaired) electrons. The second-order valence-corrected chi connectivity index (χ2v) is 9.44. The molecule has 0 spiro atoms. The molecule has 50 heavy (non-hydrogen) atoms. The molecule has 0 fully saturated rings. The average Bonchev–Trinajstić information content (AvgIpc) is 3.07. The van der Waals surface area contributed by atoms with Crippen LogP contribution in [0.2, 0.25) is 2.82 Å². The Hall–Kier alpha value is -2.77. The van der Waals surface area contributed by atoms with Crippen LogP contribution < -0.4 is 15.4 Å². The van der Waals surface area contributed by atoms with Crippen molar-refractivity contribution in [1.29, 1.82) is 0 Å². The molecule has 1 aliphatic heterocycles. The van der Waals surface area contributed by atoms with E-state index >= 15 is 0 Å². The van der Waals surface area contributed by atoms with E-state index < -0.39 is 6.04 Å². The van der Waals surface area contributed by atoms with Crippen molar-refractivity contribution in [3.63, 3.8) is 0 Å². The van der Waals surface area contributed by atoms with E-state index in [-0.39, 0.29) is 98.3 Å². The second-order valence-electron chi connectivity index (χ2n) is 9.44. The number of hydrogen-bond acceptors (Lipinski definition) is 5. The fourth-order valence-corrected chi connectivity index (χ4v) is 2.86. The van der Waals surface area contributed by atoms with Gasteiger partial charge in [-0.05, 0) is 61.5 Å². The smallest absolute Gasteiger partial charge is 0.217 e. The van der Waals surface area contributed by atoms with Crippen LogP contribution in [0.15, 0.2) is 71.9 Å². The van der Waals surface area contributed by atoms with Gasteiger partial charge in [0, 0.05) is 105 Å². The van der Waals surface area contributed by atoms with Gasteiger partial charge >= 0.3 is 0 Å². The molecule has 3 unspecified atom stereocenters. The van der Waals surface area contributed by atoms with E-state index in [1.165, 1.54) is 31.9 Å². The van der Waals surface area contributed by atoms with Crippen LogP contribution in [0.3, 0.4) is 0 Å². The van der Waals surface area contributed by atoms with Gasteiger partial charge in [0.1, 0.15) is 12.9 Å². The largest absolute Gasteiger partial charge is 0.528 e. The number of fused-ring (bicyclic) bond motifs is 2. The molecule has 2 amide bonds. The van der Waals surface area contributed by atoms with Crippen molar-refractivity contribution in [2.75, 3.05) is 0 Å². The number of ether oxygens (including phenoxy) is 1. The van der Waals surface area contributed by atoms with Crippen LogP contribution in [-0.4, -0.2) is 24.4 Å². The van der Waals surface area contributed by atoms with Gasteiger partial charge in [-0.2, -0.15) is 19.8 Å². The zero-order valence-electron chi connectivity index (χ0n) is 31.8. The summed E-state index contributed by atoms with van der Waals surface area (Å²) >= 11 is 0. The molecule has 2 aromatic carbocycles. The van der Waals surface area contributed by atoms with E-state index in [0.29, 0.717) is 22.7 Å². The maximum atomic E-state index is 11.7. The average molecular weight is 847 g/mol. The van der Waals surface area contributed by atoms with Crippen molar-refractivity contribution >= 4 is 18.0 Å². The Labute approximate surface area is 357 Å². The zero-order chi connectivity index (χ0) is 37.7. The quantitative estimate of drug-likeness (QED) is 0.0889. The maximum Gasteiger partial charge on any atom is 0.217 e. The molecule has 2 N–H and O–H groups in total. The van der Waals surface area contributed by atoms with Gasteiger partial charge < -0.3 is 26.6 Å². The summed E-state index contributed by atoms with van der Waals surface area (Å²) in [6, 6.07) is 10.2.